The fraction of sp³-hybridized carbons (Fsp3) is 0.462. The summed E-state index contributed by atoms with van der Waals surface area (Å²) in [5, 5.41) is 13.6. The fourth-order valence-corrected chi connectivity index (χ4v) is 1.75. The van der Waals surface area contributed by atoms with Gasteiger partial charge in [-0.2, -0.15) is 4.98 Å². The Morgan fingerprint density at radius 3 is 2.84 bits per heavy atom. The summed E-state index contributed by atoms with van der Waals surface area (Å²) < 4.78 is 10.7. The molecule has 2 aromatic heterocycles. The quantitative estimate of drug-likeness (QED) is 0.892. The molecular weight excluding hydrogens is 246 g/mol. The molecule has 2 rings (SSSR count). The van der Waals surface area contributed by atoms with Gasteiger partial charge in [0.15, 0.2) is 5.69 Å². The van der Waals surface area contributed by atoms with Crippen molar-refractivity contribution in [2.45, 2.75) is 26.9 Å². The molecule has 6 heteroatoms. The van der Waals surface area contributed by atoms with Gasteiger partial charge >= 0.3 is 0 Å². The van der Waals surface area contributed by atoms with Gasteiger partial charge in [-0.05, 0) is 25.0 Å². The maximum Gasteiger partial charge on any atom is 0.280 e. The minimum atomic E-state index is -0.228. The Kier molecular flexibility index (Phi) is 4.11. The Balaban J connectivity index is 2.30. The summed E-state index contributed by atoms with van der Waals surface area (Å²) in [7, 11) is 0. The Hall–Kier alpha value is -1.95. The highest BCUT2D eigenvalue weighted by Crippen LogP contribution is 2.28. The van der Waals surface area contributed by atoms with Gasteiger partial charge in [-0.15, -0.1) is 0 Å². The van der Waals surface area contributed by atoms with Crippen LogP contribution >= 0.6 is 0 Å². The van der Waals surface area contributed by atoms with Gasteiger partial charge in [0.1, 0.15) is 11.9 Å². The largest absolute Gasteiger partial charge is 0.505 e. The van der Waals surface area contributed by atoms with Crippen LogP contribution in [0.25, 0.3) is 11.6 Å². The molecular formula is C13H17N3O3. The molecule has 1 N–H and O–H groups in total. The van der Waals surface area contributed by atoms with Crippen molar-refractivity contribution < 1.29 is 14.4 Å². The zero-order chi connectivity index (χ0) is 13.8. The Bertz CT molecular complexity index is 539. The lowest BCUT2D eigenvalue weighted by Gasteiger charge is -2.16. The van der Waals surface area contributed by atoms with E-state index in [1.54, 1.807) is 12.3 Å². The zero-order valence-corrected chi connectivity index (χ0v) is 11.2. The molecule has 0 bridgehead atoms. The Morgan fingerprint density at radius 1 is 1.42 bits per heavy atom. The SMILES string of the molecule is CCOC(c1noc(-c2ncccc2O)n1)C(C)C. The van der Waals surface area contributed by atoms with Crippen molar-refractivity contribution in [2.24, 2.45) is 5.92 Å². The second-order valence-corrected chi connectivity index (χ2v) is 4.45. The van der Waals surface area contributed by atoms with E-state index in [9.17, 15) is 5.11 Å². The maximum absolute atomic E-state index is 9.70. The van der Waals surface area contributed by atoms with Crippen LogP contribution in [0.1, 0.15) is 32.7 Å². The number of nitrogens with zero attached hydrogens (tertiary/aromatic N) is 3. The van der Waals surface area contributed by atoms with Crippen molar-refractivity contribution >= 4 is 0 Å². The van der Waals surface area contributed by atoms with Gasteiger partial charge in [-0.3, -0.25) is 0 Å². The van der Waals surface area contributed by atoms with E-state index in [-0.39, 0.29) is 29.4 Å². The molecule has 0 amide bonds. The summed E-state index contributed by atoms with van der Waals surface area (Å²) in [6.45, 7) is 6.53. The van der Waals surface area contributed by atoms with Crippen LogP contribution in [0.2, 0.25) is 0 Å². The molecule has 1 atom stereocenters. The standard InChI is InChI=1S/C13H17N3O3/c1-4-18-11(8(2)3)12-15-13(19-16-12)10-9(17)6-5-7-14-10/h5-8,11,17H,4H2,1-3H3. The van der Waals surface area contributed by atoms with Crippen molar-refractivity contribution in [3.05, 3.63) is 24.2 Å². The summed E-state index contributed by atoms with van der Waals surface area (Å²) in [6, 6.07) is 3.15. The number of hydrogen-bond acceptors (Lipinski definition) is 6. The average molecular weight is 263 g/mol. The van der Waals surface area contributed by atoms with Crippen LogP contribution in [0, 0.1) is 5.92 Å². The number of rotatable bonds is 5. The van der Waals surface area contributed by atoms with Crippen LogP contribution in [0.4, 0.5) is 0 Å². The monoisotopic (exact) mass is 263 g/mol. The molecule has 19 heavy (non-hydrogen) atoms. The lowest BCUT2D eigenvalue weighted by molar-refractivity contribution is 0.0217. The maximum atomic E-state index is 9.70. The first-order valence-corrected chi connectivity index (χ1v) is 6.23. The normalized spacial score (nSPS) is 12.8. The predicted octanol–water partition coefficient (Wildman–Crippen LogP) is 2.57. The number of aromatic hydroxyl groups is 1. The van der Waals surface area contributed by atoms with Crippen molar-refractivity contribution in [1.82, 2.24) is 15.1 Å². The molecule has 1 unspecified atom stereocenters. The number of pyridine rings is 1. The third-order valence-corrected chi connectivity index (χ3v) is 2.64. The third kappa shape index (κ3) is 2.90. The molecule has 0 fully saturated rings. The van der Waals surface area contributed by atoms with Gasteiger partial charge < -0.3 is 14.4 Å². The van der Waals surface area contributed by atoms with E-state index in [0.29, 0.717) is 12.4 Å². The minimum Gasteiger partial charge on any atom is -0.505 e. The number of hydrogen-bond donors (Lipinski definition) is 1. The molecule has 2 heterocycles. The highest BCUT2D eigenvalue weighted by atomic mass is 16.5. The van der Waals surface area contributed by atoms with Crippen molar-refractivity contribution in [3.63, 3.8) is 0 Å². The summed E-state index contributed by atoms with van der Waals surface area (Å²) in [4.78, 5) is 8.28. The molecule has 0 saturated heterocycles. The van der Waals surface area contributed by atoms with E-state index in [1.165, 1.54) is 6.07 Å². The van der Waals surface area contributed by atoms with Gasteiger partial charge in [-0.1, -0.05) is 19.0 Å². The van der Waals surface area contributed by atoms with E-state index in [1.807, 2.05) is 20.8 Å². The molecule has 6 nitrogen and oxygen atoms in total. The second-order valence-electron chi connectivity index (χ2n) is 4.45. The molecule has 0 aliphatic heterocycles. The molecule has 102 valence electrons. The minimum absolute atomic E-state index is 0.00945. The van der Waals surface area contributed by atoms with Crippen molar-refractivity contribution in [1.29, 1.82) is 0 Å². The number of aromatic nitrogens is 3. The van der Waals surface area contributed by atoms with Crippen LogP contribution in [-0.4, -0.2) is 26.8 Å². The topological polar surface area (TPSA) is 81.3 Å². The van der Waals surface area contributed by atoms with E-state index >= 15 is 0 Å². The predicted molar refractivity (Wildman–Crippen MR) is 68.4 cm³/mol. The van der Waals surface area contributed by atoms with E-state index in [0.717, 1.165) is 0 Å². The molecule has 0 saturated carbocycles. The summed E-state index contributed by atoms with van der Waals surface area (Å²) in [5.41, 5.74) is 0.278. The van der Waals surface area contributed by atoms with Gasteiger partial charge in [0.2, 0.25) is 5.82 Å². The summed E-state index contributed by atoms with van der Waals surface area (Å²) in [6.07, 6.45) is 1.33. The van der Waals surface area contributed by atoms with Crippen molar-refractivity contribution in [3.8, 4) is 17.3 Å². The first-order valence-electron chi connectivity index (χ1n) is 6.23. The third-order valence-electron chi connectivity index (χ3n) is 2.64. The van der Waals surface area contributed by atoms with E-state index in [4.69, 9.17) is 9.26 Å². The van der Waals surface area contributed by atoms with Crippen LogP contribution in [0.3, 0.4) is 0 Å². The Labute approximate surface area is 111 Å². The lowest BCUT2D eigenvalue weighted by atomic mass is 10.1. The first-order chi connectivity index (χ1) is 9.13. The molecule has 0 aliphatic rings. The molecule has 0 radical (unpaired) electrons. The van der Waals surface area contributed by atoms with Crippen LogP contribution in [0.15, 0.2) is 22.9 Å². The number of ether oxygens (including phenoxy) is 1. The van der Waals surface area contributed by atoms with E-state index in [2.05, 4.69) is 15.1 Å². The van der Waals surface area contributed by atoms with Gasteiger partial charge in [0.05, 0.1) is 0 Å². The van der Waals surface area contributed by atoms with Crippen molar-refractivity contribution in [2.75, 3.05) is 6.61 Å². The first kappa shape index (κ1) is 13.5. The van der Waals surface area contributed by atoms with E-state index < -0.39 is 0 Å². The highest BCUT2D eigenvalue weighted by molar-refractivity contribution is 5.55. The smallest absolute Gasteiger partial charge is 0.280 e. The fourth-order valence-electron chi connectivity index (χ4n) is 1.75. The average Bonchev–Trinajstić information content (AvgIpc) is 2.85. The van der Waals surface area contributed by atoms with Crippen LogP contribution in [-0.2, 0) is 4.74 Å². The zero-order valence-electron chi connectivity index (χ0n) is 11.2. The van der Waals surface area contributed by atoms with Gasteiger partial charge in [0, 0.05) is 12.8 Å². The van der Waals surface area contributed by atoms with Gasteiger partial charge in [0.25, 0.3) is 5.89 Å². The Morgan fingerprint density at radius 2 is 2.21 bits per heavy atom. The highest BCUT2D eigenvalue weighted by Gasteiger charge is 2.23. The van der Waals surface area contributed by atoms with Crippen LogP contribution in [0.5, 0.6) is 5.75 Å². The summed E-state index contributed by atoms with van der Waals surface area (Å²) >= 11 is 0. The molecule has 0 spiro atoms. The second kappa shape index (κ2) is 5.79. The van der Waals surface area contributed by atoms with Gasteiger partial charge in [-0.25, -0.2) is 4.98 Å². The molecule has 2 aromatic rings. The van der Waals surface area contributed by atoms with Crippen LogP contribution < -0.4 is 0 Å². The molecule has 0 aliphatic carbocycles. The lowest BCUT2D eigenvalue weighted by Crippen LogP contribution is -2.12. The molecule has 0 aromatic carbocycles. The summed E-state index contributed by atoms with van der Waals surface area (Å²) in [5.74, 6) is 0.897.